The number of methoxy groups -OCH3 is 2. The maximum absolute atomic E-state index is 11.6. The molecule has 1 amide bonds. The van der Waals surface area contributed by atoms with E-state index < -0.39 is 5.91 Å². The van der Waals surface area contributed by atoms with Crippen molar-refractivity contribution in [2.24, 2.45) is 5.73 Å². The molecular formula is C24H20N2O3S. The summed E-state index contributed by atoms with van der Waals surface area (Å²) in [4.78, 5) is 17.6. The van der Waals surface area contributed by atoms with Crippen molar-refractivity contribution in [3.05, 3.63) is 78.4 Å². The van der Waals surface area contributed by atoms with Crippen LogP contribution in [0.15, 0.2) is 72.8 Å². The van der Waals surface area contributed by atoms with E-state index in [9.17, 15) is 4.79 Å². The first-order chi connectivity index (χ1) is 14.6. The van der Waals surface area contributed by atoms with Crippen LogP contribution in [0.2, 0.25) is 0 Å². The molecule has 0 aliphatic heterocycles. The van der Waals surface area contributed by atoms with E-state index in [1.54, 1.807) is 37.7 Å². The monoisotopic (exact) mass is 416 g/mol. The van der Waals surface area contributed by atoms with Crippen molar-refractivity contribution in [3.8, 4) is 43.8 Å². The Morgan fingerprint density at radius 3 is 2.00 bits per heavy atom. The van der Waals surface area contributed by atoms with Gasteiger partial charge in [-0.2, -0.15) is 0 Å². The van der Waals surface area contributed by atoms with Gasteiger partial charge in [-0.1, -0.05) is 12.1 Å². The number of carbonyl (C=O) groups excluding carboxylic acids is 1. The van der Waals surface area contributed by atoms with Crippen LogP contribution in [0, 0.1) is 0 Å². The van der Waals surface area contributed by atoms with Crippen LogP contribution in [0.3, 0.4) is 0 Å². The van der Waals surface area contributed by atoms with Gasteiger partial charge in [0.05, 0.1) is 24.8 Å². The number of hydrogen-bond acceptors (Lipinski definition) is 5. The van der Waals surface area contributed by atoms with Crippen LogP contribution in [-0.2, 0) is 0 Å². The van der Waals surface area contributed by atoms with Crippen LogP contribution in [0.5, 0.6) is 11.5 Å². The first-order valence-electron chi connectivity index (χ1n) is 9.29. The normalized spacial score (nSPS) is 10.6. The highest BCUT2D eigenvalue weighted by molar-refractivity contribution is 7.19. The topological polar surface area (TPSA) is 74.4 Å². The van der Waals surface area contributed by atoms with Crippen molar-refractivity contribution in [2.45, 2.75) is 0 Å². The fraction of sp³-hybridized carbons (Fsp3) is 0.0833. The van der Waals surface area contributed by atoms with Gasteiger partial charge in [0.15, 0.2) is 0 Å². The Balaban J connectivity index is 1.85. The minimum atomic E-state index is -0.459. The molecule has 0 aliphatic carbocycles. The number of aromatic nitrogens is 1. The van der Waals surface area contributed by atoms with Gasteiger partial charge in [-0.3, -0.25) is 4.79 Å². The molecule has 0 saturated heterocycles. The predicted octanol–water partition coefficient (Wildman–Crippen LogP) is 5.26. The van der Waals surface area contributed by atoms with Gasteiger partial charge in [0.25, 0.3) is 0 Å². The standard InChI is InChI=1S/C24H20N2O3S/c1-28-19-10-6-15(7-11-19)21-22(16-8-12-20(29-2)13-9-16)30-24(26-21)18-5-3-4-17(14-18)23(25)27/h3-14H,1-2H3,(H2,25,27). The lowest BCUT2D eigenvalue weighted by Crippen LogP contribution is -2.10. The van der Waals surface area contributed by atoms with E-state index in [1.807, 2.05) is 60.7 Å². The Kier molecular flexibility index (Phi) is 5.50. The highest BCUT2D eigenvalue weighted by Crippen LogP contribution is 2.41. The van der Waals surface area contributed by atoms with E-state index in [0.717, 1.165) is 43.8 Å². The summed E-state index contributed by atoms with van der Waals surface area (Å²) in [7, 11) is 3.29. The maximum atomic E-state index is 11.6. The largest absolute Gasteiger partial charge is 0.497 e. The Bertz CT molecular complexity index is 1120. The first kappa shape index (κ1) is 19.7. The maximum Gasteiger partial charge on any atom is 0.248 e. The van der Waals surface area contributed by atoms with Gasteiger partial charge in [-0.15, -0.1) is 11.3 Å². The van der Waals surface area contributed by atoms with E-state index in [0.29, 0.717) is 5.56 Å². The number of benzene rings is 3. The zero-order valence-electron chi connectivity index (χ0n) is 16.6. The summed E-state index contributed by atoms with van der Waals surface area (Å²) < 4.78 is 10.6. The second-order valence-corrected chi connectivity index (χ2v) is 7.60. The number of nitrogens with zero attached hydrogens (tertiary/aromatic N) is 1. The summed E-state index contributed by atoms with van der Waals surface area (Å²) in [6.45, 7) is 0. The van der Waals surface area contributed by atoms with Crippen molar-refractivity contribution in [1.29, 1.82) is 0 Å². The molecule has 1 aromatic heterocycles. The third kappa shape index (κ3) is 3.90. The summed E-state index contributed by atoms with van der Waals surface area (Å²) in [6.07, 6.45) is 0. The van der Waals surface area contributed by atoms with Crippen molar-refractivity contribution < 1.29 is 14.3 Å². The summed E-state index contributed by atoms with van der Waals surface area (Å²) in [5.41, 5.74) is 9.65. The van der Waals surface area contributed by atoms with Crippen LogP contribution in [0.25, 0.3) is 32.3 Å². The van der Waals surface area contributed by atoms with Gasteiger partial charge in [-0.25, -0.2) is 4.98 Å². The smallest absolute Gasteiger partial charge is 0.248 e. The summed E-state index contributed by atoms with van der Waals surface area (Å²) in [5, 5.41) is 0.815. The molecule has 6 heteroatoms. The lowest BCUT2D eigenvalue weighted by molar-refractivity contribution is 0.100. The second-order valence-electron chi connectivity index (χ2n) is 6.60. The molecule has 0 fully saturated rings. The minimum absolute atomic E-state index is 0.458. The molecule has 3 aromatic carbocycles. The van der Waals surface area contributed by atoms with Crippen LogP contribution < -0.4 is 15.2 Å². The van der Waals surface area contributed by atoms with Crippen molar-refractivity contribution in [3.63, 3.8) is 0 Å². The summed E-state index contributed by atoms with van der Waals surface area (Å²) in [6, 6.07) is 22.9. The third-order valence-corrected chi connectivity index (χ3v) is 5.89. The number of primary amides is 1. The molecule has 150 valence electrons. The van der Waals surface area contributed by atoms with Gasteiger partial charge in [-0.05, 0) is 66.2 Å². The van der Waals surface area contributed by atoms with Crippen molar-refractivity contribution in [1.82, 2.24) is 4.98 Å². The highest BCUT2D eigenvalue weighted by Gasteiger charge is 2.17. The summed E-state index contributed by atoms with van der Waals surface area (Å²) >= 11 is 1.57. The van der Waals surface area contributed by atoms with Gasteiger partial charge >= 0.3 is 0 Å². The molecule has 0 atom stereocenters. The number of carbonyl (C=O) groups is 1. The Labute approximate surface area is 178 Å². The summed E-state index contributed by atoms with van der Waals surface area (Å²) in [5.74, 6) is 1.12. The first-order valence-corrected chi connectivity index (χ1v) is 10.1. The molecule has 0 radical (unpaired) electrons. The second kappa shape index (κ2) is 8.39. The van der Waals surface area contributed by atoms with E-state index in [2.05, 4.69) is 0 Å². The number of ether oxygens (including phenoxy) is 2. The SMILES string of the molecule is COc1ccc(-c2nc(-c3cccc(C(N)=O)c3)sc2-c2ccc(OC)cc2)cc1. The molecule has 0 spiro atoms. The fourth-order valence-electron chi connectivity index (χ4n) is 3.13. The molecule has 2 N–H and O–H groups in total. The van der Waals surface area contributed by atoms with E-state index in [4.69, 9.17) is 20.2 Å². The highest BCUT2D eigenvalue weighted by atomic mass is 32.1. The lowest BCUT2D eigenvalue weighted by Gasteiger charge is -2.05. The Hall–Kier alpha value is -3.64. The minimum Gasteiger partial charge on any atom is -0.497 e. The molecule has 0 unspecified atom stereocenters. The number of nitrogens with two attached hydrogens (primary N) is 1. The third-order valence-electron chi connectivity index (χ3n) is 4.74. The Morgan fingerprint density at radius 1 is 0.833 bits per heavy atom. The van der Waals surface area contributed by atoms with Crippen molar-refractivity contribution >= 4 is 17.2 Å². The number of hydrogen-bond donors (Lipinski definition) is 1. The average molecular weight is 417 g/mol. The van der Waals surface area contributed by atoms with Crippen molar-refractivity contribution in [2.75, 3.05) is 14.2 Å². The van der Waals surface area contributed by atoms with Gasteiger partial charge in [0.1, 0.15) is 16.5 Å². The molecule has 0 saturated carbocycles. The molecule has 5 nitrogen and oxygen atoms in total. The molecule has 1 heterocycles. The fourth-order valence-corrected chi connectivity index (χ4v) is 4.22. The quantitative estimate of drug-likeness (QED) is 0.465. The van der Waals surface area contributed by atoms with Gasteiger partial charge < -0.3 is 15.2 Å². The number of amides is 1. The average Bonchev–Trinajstić information content (AvgIpc) is 3.25. The number of rotatable bonds is 6. The van der Waals surface area contributed by atoms with Gasteiger partial charge in [0, 0.05) is 16.7 Å². The van der Waals surface area contributed by atoms with E-state index in [-0.39, 0.29) is 0 Å². The van der Waals surface area contributed by atoms with Crippen LogP contribution in [0.4, 0.5) is 0 Å². The zero-order chi connectivity index (χ0) is 21.1. The molecule has 0 aliphatic rings. The molecule has 4 rings (SSSR count). The molecular weight excluding hydrogens is 396 g/mol. The number of thiazole rings is 1. The van der Waals surface area contributed by atoms with Gasteiger partial charge in [0.2, 0.25) is 5.91 Å². The van der Waals surface area contributed by atoms with E-state index >= 15 is 0 Å². The van der Waals surface area contributed by atoms with Crippen LogP contribution in [0.1, 0.15) is 10.4 Å². The zero-order valence-corrected chi connectivity index (χ0v) is 17.4. The molecule has 0 bridgehead atoms. The lowest BCUT2D eigenvalue weighted by atomic mass is 10.1. The van der Waals surface area contributed by atoms with Crippen LogP contribution >= 0.6 is 11.3 Å². The Morgan fingerprint density at radius 2 is 1.43 bits per heavy atom. The molecule has 4 aromatic rings. The van der Waals surface area contributed by atoms with E-state index in [1.165, 1.54) is 0 Å². The molecule has 30 heavy (non-hydrogen) atoms. The predicted molar refractivity (Wildman–Crippen MR) is 120 cm³/mol. The van der Waals surface area contributed by atoms with Crippen LogP contribution in [-0.4, -0.2) is 25.1 Å².